The molecule has 1 atom stereocenters. The molecule has 0 saturated heterocycles. The fourth-order valence-electron chi connectivity index (χ4n) is 2.93. The molecule has 0 fully saturated rings. The van der Waals surface area contributed by atoms with Crippen molar-refractivity contribution in [1.82, 2.24) is 5.32 Å². The van der Waals surface area contributed by atoms with Crippen LogP contribution in [0.5, 0.6) is 17.2 Å². The summed E-state index contributed by atoms with van der Waals surface area (Å²) in [5.41, 5.74) is 2.13. The molecule has 1 aromatic carbocycles. The first-order valence-corrected chi connectivity index (χ1v) is 8.66. The van der Waals surface area contributed by atoms with E-state index in [9.17, 15) is 4.79 Å². The van der Waals surface area contributed by atoms with Crippen molar-refractivity contribution in [1.29, 1.82) is 0 Å². The number of amides is 1. The van der Waals surface area contributed by atoms with E-state index in [0.29, 0.717) is 36.0 Å². The lowest BCUT2D eigenvalue weighted by molar-refractivity contribution is -0.118. The summed E-state index contributed by atoms with van der Waals surface area (Å²) < 4.78 is 22.1. The third kappa shape index (κ3) is 4.02. The van der Waals surface area contributed by atoms with Crippen molar-refractivity contribution in [2.45, 2.75) is 25.9 Å². The van der Waals surface area contributed by atoms with Crippen molar-refractivity contribution in [3.63, 3.8) is 0 Å². The van der Waals surface area contributed by atoms with Crippen molar-refractivity contribution < 1.29 is 23.7 Å². The fourth-order valence-corrected chi connectivity index (χ4v) is 2.93. The molecule has 26 heavy (non-hydrogen) atoms. The van der Waals surface area contributed by atoms with E-state index in [1.54, 1.807) is 39.5 Å². The topological polar surface area (TPSA) is 66.0 Å². The second-order valence-electron chi connectivity index (χ2n) is 5.90. The third-order valence-electron chi connectivity index (χ3n) is 4.31. The van der Waals surface area contributed by atoms with Crippen LogP contribution < -0.4 is 19.5 Å². The minimum absolute atomic E-state index is 0.135. The number of ether oxygens (including phenoxy) is 4. The lowest BCUT2D eigenvalue weighted by atomic mass is 9.97. The number of benzene rings is 1. The van der Waals surface area contributed by atoms with E-state index in [2.05, 4.69) is 18.8 Å². The SMILES string of the molecule is C=CC1=C(C(=O)NCCCC)C(c2cc(OC)c(OC)c(OC)c2)OC1. The number of carbonyl (C=O) groups is 1. The van der Waals surface area contributed by atoms with E-state index < -0.39 is 6.10 Å². The summed E-state index contributed by atoms with van der Waals surface area (Å²) >= 11 is 0. The molecule has 6 heteroatoms. The molecule has 0 radical (unpaired) electrons. The number of hydrogen-bond acceptors (Lipinski definition) is 5. The van der Waals surface area contributed by atoms with Crippen molar-refractivity contribution in [3.05, 3.63) is 41.5 Å². The van der Waals surface area contributed by atoms with Crippen molar-refractivity contribution >= 4 is 5.91 Å². The van der Waals surface area contributed by atoms with Gasteiger partial charge in [-0.15, -0.1) is 0 Å². The molecule has 0 bridgehead atoms. The highest BCUT2D eigenvalue weighted by Crippen LogP contribution is 2.43. The molecule has 1 aromatic rings. The largest absolute Gasteiger partial charge is 0.493 e. The number of hydrogen-bond donors (Lipinski definition) is 1. The standard InChI is InChI=1S/C20H27NO5/c1-6-8-9-21-20(22)17-13(7-2)12-26-18(17)14-10-15(23-3)19(25-5)16(11-14)24-4/h7,10-11,18H,2,6,8-9,12H2,1,3-5H3,(H,21,22). The highest BCUT2D eigenvalue weighted by molar-refractivity contribution is 5.96. The zero-order valence-electron chi connectivity index (χ0n) is 15.9. The van der Waals surface area contributed by atoms with Gasteiger partial charge in [0.1, 0.15) is 6.10 Å². The first-order chi connectivity index (χ1) is 12.6. The number of carbonyl (C=O) groups excluding carboxylic acids is 1. The number of unbranched alkanes of at least 4 members (excludes halogenated alkanes) is 1. The van der Waals surface area contributed by atoms with E-state index in [1.807, 2.05) is 0 Å². The van der Waals surface area contributed by atoms with Crippen LogP contribution in [0.3, 0.4) is 0 Å². The van der Waals surface area contributed by atoms with Gasteiger partial charge in [-0.05, 0) is 29.7 Å². The minimum Gasteiger partial charge on any atom is -0.493 e. The summed E-state index contributed by atoms with van der Waals surface area (Å²) in [6, 6.07) is 3.61. The molecule has 1 unspecified atom stereocenters. The summed E-state index contributed by atoms with van der Waals surface area (Å²) in [5, 5.41) is 2.96. The number of methoxy groups -OCH3 is 3. The Morgan fingerprint density at radius 1 is 1.27 bits per heavy atom. The van der Waals surface area contributed by atoms with E-state index in [-0.39, 0.29) is 5.91 Å². The van der Waals surface area contributed by atoms with Gasteiger partial charge >= 0.3 is 0 Å². The molecule has 1 N–H and O–H groups in total. The molecular formula is C20H27NO5. The Morgan fingerprint density at radius 3 is 2.42 bits per heavy atom. The summed E-state index contributed by atoms with van der Waals surface area (Å²) in [7, 11) is 4.66. The van der Waals surface area contributed by atoms with Crippen LogP contribution in [0.2, 0.25) is 0 Å². The van der Waals surface area contributed by atoms with Gasteiger partial charge in [0.2, 0.25) is 5.75 Å². The Hall–Kier alpha value is -2.47. The van der Waals surface area contributed by atoms with Crippen LogP contribution in [0.15, 0.2) is 35.9 Å². The molecule has 1 aliphatic rings. The Morgan fingerprint density at radius 2 is 1.92 bits per heavy atom. The average molecular weight is 361 g/mol. The van der Waals surface area contributed by atoms with E-state index in [1.165, 1.54) is 0 Å². The summed E-state index contributed by atoms with van der Waals surface area (Å²) in [6.07, 6.45) is 3.10. The molecular weight excluding hydrogens is 334 g/mol. The summed E-state index contributed by atoms with van der Waals surface area (Å²) in [5.74, 6) is 1.40. The number of rotatable bonds is 9. The maximum absolute atomic E-state index is 12.7. The zero-order chi connectivity index (χ0) is 19.1. The molecule has 1 amide bonds. The van der Waals surface area contributed by atoms with Crippen LogP contribution in [0.4, 0.5) is 0 Å². The molecule has 0 aliphatic carbocycles. The van der Waals surface area contributed by atoms with Gasteiger partial charge in [0.05, 0.1) is 33.5 Å². The molecule has 0 aromatic heterocycles. The van der Waals surface area contributed by atoms with Gasteiger partial charge in [0.25, 0.3) is 5.91 Å². The van der Waals surface area contributed by atoms with Gasteiger partial charge in [-0.25, -0.2) is 0 Å². The van der Waals surface area contributed by atoms with Crippen LogP contribution in [-0.4, -0.2) is 40.4 Å². The van der Waals surface area contributed by atoms with Gasteiger partial charge in [-0.1, -0.05) is 26.0 Å². The van der Waals surface area contributed by atoms with Gasteiger partial charge in [0, 0.05) is 6.54 Å². The van der Waals surface area contributed by atoms with Gasteiger partial charge in [-0.2, -0.15) is 0 Å². The predicted octanol–water partition coefficient (Wildman–Crippen LogP) is 3.18. The van der Waals surface area contributed by atoms with Crippen LogP contribution in [-0.2, 0) is 9.53 Å². The average Bonchev–Trinajstić information content (AvgIpc) is 3.11. The minimum atomic E-state index is -0.515. The first kappa shape index (κ1) is 19.8. The number of nitrogens with one attached hydrogen (secondary N) is 1. The molecule has 2 rings (SSSR count). The predicted molar refractivity (Wildman–Crippen MR) is 99.9 cm³/mol. The van der Waals surface area contributed by atoms with Crippen molar-refractivity contribution in [2.24, 2.45) is 0 Å². The van der Waals surface area contributed by atoms with Crippen LogP contribution in [0.1, 0.15) is 31.4 Å². The Balaban J connectivity index is 2.41. The second kappa shape index (κ2) is 9.29. The van der Waals surface area contributed by atoms with Crippen LogP contribution in [0.25, 0.3) is 0 Å². The molecule has 142 valence electrons. The maximum atomic E-state index is 12.7. The Labute approximate surface area is 154 Å². The Kier molecular flexibility index (Phi) is 7.09. The quantitative estimate of drug-likeness (QED) is 0.684. The zero-order valence-corrected chi connectivity index (χ0v) is 15.9. The lowest BCUT2D eigenvalue weighted by Crippen LogP contribution is -2.28. The Bertz CT molecular complexity index is 670. The van der Waals surface area contributed by atoms with Crippen LogP contribution >= 0.6 is 0 Å². The third-order valence-corrected chi connectivity index (χ3v) is 4.31. The smallest absolute Gasteiger partial charge is 0.250 e. The van der Waals surface area contributed by atoms with Crippen LogP contribution in [0, 0.1) is 0 Å². The molecule has 0 spiro atoms. The van der Waals surface area contributed by atoms with Crippen molar-refractivity contribution in [3.8, 4) is 17.2 Å². The fraction of sp³-hybridized carbons (Fsp3) is 0.450. The highest BCUT2D eigenvalue weighted by Gasteiger charge is 2.33. The second-order valence-corrected chi connectivity index (χ2v) is 5.90. The monoisotopic (exact) mass is 361 g/mol. The molecule has 1 heterocycles. The van der Waals surface area contributed by atoms with E-state index in [4.69, 9.17) is 18.9 Å². The molecule has 1 aliphatic heterocycles. The molecule has 6 nitrogen and oxygen atoms in total. The van der Waals surface area contributed by atoms with E-state index >= 15 is 0 Å². The summed E-state index contributed by atoms with van der Waals surface area (Å²) in [6.45, 7) is 6.85. The van der Waals surface area contributed by atoms with Gasteiger partial charge in [0.15, 0.2) is 11.5 Å². The first-order valence-electron chi connectivity index (χ1n) is 8.66. The normalized spacial score (nSPS) is 16.4. The maximum Gasteiger partial charge on any atom is 0.250 e. The molecule has 0 saturated carbocycles. The van der Waals surface area contributed by atoms with Gasteiger partial charge in [-0.3, -0.25) is 4.79 Å². The van der Waals surface area contributed by atoms with Crippen molar-refractivity contribution in [2.75, 3.05) is 34.5 Å². The lowest BCUT2D eigenvalue weighted by Gasteiger charge is -2.19. The van der Waals surface area contributed by atoms with Gasteiger partial charge < -0.3 is 24.3 Å². The summed E-state index contributed by atoms with van der Waals surface area (Å²) in [4.78, 5) is 12.7. The van der Waals surface area contributed by atoms with E-state index in [0.717, 1.165) is 24.0 Å². The highest BCUT2D eigenvalue weighted by atomic mass is 16.5.